The van der Waals surface area contributed by atoms with Crippen molar-refractivity contribution in [3.8, 4) is 11.3 Å². The quantitative estimate of drug-likeness (QED) is 0.631. The summed E-state index contributed by atoms with van der Waals surface area (Å²) >= 11 is 0. The van der Waals surface area contributed by atoms with Crippen LogP contribution >= 0.6 is 0 Å². The van der Waals surface area contributed by atoms with Gasteiger partial charge in [0.05, 0.1) is 11.8 Å². The van der Waals surface area contributed by atoms with Gasteiger partial charge in [-0.3, -0.25) is 5.10 Å². The molecular weight excluding hydrogens is 232 g/mol. The van der Waals surface area contributed by atoms with Crippen LogP contribution in [0.4, 0.5) is 0 Å². The lowest BCUT2D eigenvalue weighted by atomic mass is 9.95. The highest BCUT2D eigenvalue weighted by Crippen LogP contribution is 2.29. The molecule has 0 saturated heterocycles. The lowest BCUT2D eigenvalue weighted by Crippen LogP contribution is -2.20. The van der Waals surface area contributed by atoms with E-state index in [4.69, 9.17) is 5.11 Å². The molecule has 2 rings (SSSR count). The maximum absolute atomic E-state index is 10.1. The van der Waals surface area contributed by atoms with Crippen LogP contribution < -0.4 is 0 Å². The van der Waals surface area contributed by atoms with Gasteiger partial charge in [0.25, 0.3) is 0 Å². The third kappa shape index (κ3) is 2.59. The number of nitrogens with one attached hydrogen (secondary N) is 1. The molecule has 1 heterocycles. The van der Waals surface area contributed by atoms with Gasteiger partial charge in [-0.2, -0.15) is 5.10 Å². The Hall–Kier alpha value is -1.69. The number of aromatic nitrogens is 2. The molecule has 0 spiro atoms. The van der Waals surface area contributed by atoms with E-state index in [0.717, 1.165) is 11.3 Å². The number of hydrogen-bond acceptors (Lipinski definition) is 4. The standard InChI is InChI=1S/C13H16N2O3/c16-8-6-12(17)13(18)10-4-2-1-3-9(10)11-5-7-14-15-11/h1-5,7,12-13,16-18H,6,8H2,(H,14,15). The lowest BCUT2D eigenvalue weighted by molar-refractivity contribution is 0.00450. The molecule has 0 bridgehead atoms. The van der Waals surface area contributed by atoms with E-state index >= 15 is 0 Å². The molecule has 0 saturated carbocycles. The fraction of sp³-hybridized carbons (Fsp3) is 0.308. The van der Waals surface area contributed by atoms with Crippen LogP contribution in [0.5, 0.6) is 0 Å². The number of nitrogens with zero attached hydrogens (tertiary/aromatic N) is 1. The van der Waals surface area contributed by atoms with Crippen LogP contribution in [-0.4, -0.2) is 38.2 Å². The molecule has 1 aromatic carbocycles. The van der Waals surface area contributed by atoms with Crippen LogP contribution in [-0.2, 0) is 0 Å². The summed E-state index contributed by atoms with van der Waals surface area (Å²) in [6, 6.07) is 9.04. The third-order valence-electron chi connectivity index (χ3n) is 2.86. The molecular formula is C13H16N2O3. The first-order valence-electron chi connectivity index (χ1n) is 5.79. The molecule has 5 heteroatoms. The minimum absolute atomic E-state index is 0.137. The molecule has 0 fully saturated rings. The maximum Gasteiger partial charge on any atom is 0.106 e. The topological polar surface area (TPSA) is 89.4 Å². The molecule has 96 valence electrons. The minimum atomic E-state index is -1.03. The fourth-order valence-electron chi connectivity index (χ4n) is 1.90. The van der Waals surface area contributed by atoms with E-state index in [1.807, 2.05) is 12.1 Å². The first-order chi connectivity index (χ1) is 8.74. The van der Waals surface area contributed by atoms with Crippen LogP contribution in [0.1, 0.15) is 18.1 Å². The zero-order chi connectivity index (χ0) is 13.0. The van der Waals surface area contributed by atoms with Gasteiger partial charge in [-0.05, 0) is 18.1 Å². The van der Waals surface area contributed by atoms with Gasteiger partial charge in [-0.25, -0.2) is 0 Å². The van der Waals surface area contributed by atoms with E-state index < -0.39 is 12.2 Å². The Kier molecular flexibility index (Phi) is 4.09. The number of aromatic amines is 1. The second-order valence-electron chi connectivity index (χ2n) is 4.08. The summed E-state index contributed by atoms with van der Waals surface area (Å²) in [6.07, 6.45) is -0.253. The highest BCUT2D eigenvalue weighted by Gasteiger charge is 2.21. The largest absolute Gasteiger partial charge is 0.396 e. The van der Waals surface area contributed by atoms with Crippen molar-refractivity contribution in [2.45, 2.75) is 18.6 Å². The monoisotopic (exact) mass is 248 g/mol. The molecule has 2 atom stereocenters. The Morgan fingerprint density at radius 2 is 1.94 bits per heavy atom. The average Bonchev–Trinajstić information content (AvgIpc) is 2.92. The highest BCUT2D eigenvalue weighted by molar-refractivity contribution is 5.63. The van der Waals surface area contributed by atoms with Crippen molar-refractivity contribution in [1.82, 2.24) is 10.2 Å². The van der Waals surface area contributed by atoms with Crippen molar-refractivity contribution in [2.24, 2.45) is 0 Å². The number of aliphatic hydroxyl groups excluding tert-OH is 3. The van der Waals surface area contributed by atoms with Gasteiger partial charge < -0.3 is 15.3 Å². The van der Waals surface area contributed by atoms with Gasteiger partial charge in [0.15, 0.2) is 0 Å². The van der Waals surface area contributed by atoms with Gasteiger partial charge in [0.2, 0.25) is 0 Å². The van der Waals surface area contributed by atoms with Crippen molar-refractivity contribution in [1.29, 1.82) is 0 Å². The molecule has 0 aliphatic carbocycles. The molecule has 0 radical (unpaired) electrons. The molecule has 0 amide bonds. The molecule has 4 N–H and O–H groups in total. The zero-order valence-electron chi connectivity index (χ0n) is 9.82. The fourth-order valence-corrected chi connectivity index (χ4v) is 1.90. The summed E-state index contributed by atoms with van der Waals surface area (Å²) in [4.78, 5) is 0. The van der Waals surface area contributed by atoms with Gasteiger partial charge in [0.1, 0.15) is 6.10 Å². The number of aliphatic hydroxyl groups is 3. The molecule has 0 aliphatic heterocycles. The normalized spacial score (nSPS) is 14.4. The summed E-state index contributed by atoms with van der Waals surface area (Å²) in [5.41, 5.74) is 2.18. The molecule has 2 unspecified atom stereocenters. The molecule has 0 aliphatic rings. The molecule has 5 nitrogen and oxygen atoms in total. The van der Waals surface area contributed by atoms with E-state index in [0.29, 0.717) is 5.56 Å². The summed E-state index contributed by atoms with van der Waals surface area (Å²) in [6.45, 7) is -0.162. The van der Waals surface area contributed by atoms with E-state index in [9.17, 15) is 10.2 Å². The van der Waals surface area contributed by atoms with Crippen molar-refractivity contribution in [2.75, 3.05) is 6.61 Å². The van der Waals surface area contributed by atoms with Gasteiger partial charge in [-0.15, -0.1) is 0 Å². The highest BCUT2D eigenvalue weighted by atomic mass is 16.3. The van der Waals surface area contributed by atoms with Crippen LogP contribution in [0.3, 0.4) is 0 Å². The predicted octanol–water partition coefficient (Wildman–Crippen LogP) is 0.853. The summed E-state index contributed by atoms with van der Waals surface area (Å²) in [7, 11) is 0. The van der Waals surface area contributed by atoms with E-state index in [1.54, 1.807) is 24.4 Å². The number of hydrogen-bond donors (Lipinski definition) is 4. The SMILES string of the molecule is OCCC(O)C(O)c1ccccc1-c1ccn[nH]1. The smallest absolute Gasteiger partial charge is 0.106 e. The average molecular weight is 248 g/mol. The Labute approximate surface area is 105 Å². The van der Waals surface area contributed by atoms with Gasteiger partial charge >= 0.3 is 0 Å². The Morgan fingerprint density at radius 3 is 2.61 bits per heavy atom. The second kappa shape index (κ2) is 5.77. The molecule has 2 aromatic rings. The maximum atomic E-state index is 10.1. The van der Waals surface area contributed by atoms with E-state index in [-0.39, 0.29) is 13.0 Å². The minimum Gasteiger partial charge on any atom is -0.396 e. The summed E-state index contributed by atoms with van der Waals surface area (Å²) < 4.78 is 0. The van der Waals surface area contributed by atoms with Gasteiger partial charge in [-0.1, -0.05) is 24.3 Å². The van der Waals surface area contributed by atoms with Gasteiger partial charge in [0, 0.05) is 18.4 Å². The van der Waals surface area contributed by atoms with E-state index in [2.05, 4.69) is 10.2 Å². The van der Waals surface area contributed by atoms with E-state index in [1.165, 1.54) is 0 Å². The van der Waals surface area contributed by atoms with Crippen molar-refractivity contribution in [3.63, 3.8) is 0 Å². The lowest BCUT2D eigenvalue weighted by Gasteiger charge is -2.19. The Bertz CT molecular complexity index is 485. The van der Waals surface area contributed by atoms with Crippen LogP contribution in [0.2, 0.25) is 0 Å². The Morgan fingerprint density at radius 1 is 1.17 bits per heavy atom. The van der Waals surface area contributed by atoms with Crippen molar-refractivity contribution >= 4 is 0 Å². The Balaban J connectivity index is 2.33. The van der Waals surface area contributed by atoms with Crippen LogP contribution in [0.25, 0.3) is 11.3 Å². The van der Waals surface area contributed by atoms with Crippen molar-refractivity contribution < 1.29 is 15.3 Å². The number of H-pyrrole nitrogens is 1. The van der Waals surface area contributed by atoms with Crippen molar-refractivity contribution in [3.05, 3.63) is 42.1 Å². The number of benzene rings is 1. The number of rotatable bonds is 5. The summed E-state index contributed by atoms with van der Waals surface area (Å²) in [5, 5.41) is 35.4. The zero-order valence-corrected chi connectivity index (χ0v) is 9.82. The molecule has 1 aromatic heterocycles. The van der Waals surface area contributed by atoms with Crippen LogP contribution in [0, 0.1) is 0 Å². The second-order valence-corrected chi connectivity index (χ2v) is 4.08. The summed E-state index contributed by atoms with van der Waals surface area (Å²) in [5.74, 6) is 0. The predicted molar refractivity (Wildman–Crippen MR) is 66.7 cm³/mol. The first-order valence-corrected chi connectivity index (χ1v) is 5.79. The third-order valence-corrected chi connectivity index (χ3v) is 2.86. The van der Waals surface area contributed by atoms with Crippen LogP contribution in [0.15, 0.2) is 36.5 Å². The first kappa shape index (κ1) is 12.8. The molecule has 18 heavy (non-hydrogen) atoms.